The fraction of sp³-hybridized carbons (Fsp3) is 0.462. The third-order valence-corrected chi connectivity index (χ3v) is 2.65. The minimum atomic E-state index is -4.76. The van der Waals surface area contributed by atoms with E-state index < -0.39 is 29.9 Å². The Bertz CT molecular complexity index is 449. The minimum Gasteiger partial charge on any atom is -0.481 e. The van der Waals surface area contributed by atoms with Crippen LogP contribution < -0.4 is 5.32 Å². The van der Waals surface area contributed by atoms with E-state index in [0.717, 1.165) is 6.07 Å². The fourth-order valence-electron chi connectivity index (χ4n) is 1.70. The van der Waals surface area contributed by atoms with Crippen LogP contribution in [0.2, 0.25) is 0 Å². The Labute approximate surface area is 113 Å². The van der Waals surface area contributed by atoms with Crippen LogP contribution in [0.1, 0.15) is 24.0 Å². The molecule has 1 heterocycles. The standard InChI is InChI=1S/C9H6F4O2.C4H9N/c10-7-3-5(4-8(14)15)1-2-6(7)9(11,12)13;1-2-4-5-3-1/h1-3H,4H2,(H,14,15);5H,1-4H2. The molecule has 0 radical (unpaired) electrons. The number of alkyl halides is 3. The average Bonchev–Trinajstić information content (AvgIpc) is 2.84. The smallest absolute Gasteiger partial charge is 0.419 e. The highest BCUT2D eigenvalue weighted by Gasteiger charge is 2.33. The molecule has 0 aromatic heterocycles. The average molecular weight is 293 g/mol. The van der Waals surface area contributed by atoms with Gasteiger partial charge in [0.05, 0.1) is 12.0 Å². The maximum Gasteiger partial charge on any atom is 0.419 e. The molecule has 2 rings (SSSR count). The van der Waals surface area contributed by atoms with Gasteiger partial charge in [0.15, 0.2) is 0 Å². The van der Waals surface area contributed by atoms with Gasteiger partial charge >= 0.3 is 12.1 Å². The van der Waals surface area contributed by atoms with Crippen LogP contribution in [0.15, 0.2) is 18.2 Å². The second-order valence-corrected chi connectivity index (χ2v) is 4.34. The van der Waals surface area contributed by atoms with Crippen molar-refractivity contribution in [2.45, 2.75) is 25.4 Å². The van der Waals surface area contributed by atoms with Crippen molar-refractivity contribution < 1.29 is 27.5 Å². The van der Waals surface area contributed by atoms with E-state index in [0.29, 0.717) is 12.1 Å². The Morgan fingerprint density at radius 2 is 1.85 bits per heavy atom. The Hall–Kier alpha value is -1.63. The molecule has 112 valence electrons. The molecule has 7 heteroatoms. The lowest BCUT2D eigenvalue weighted by Gasteiger charge is -2.08. The van der Waals surface area contributed by atoms with Crippen LogP contribution in [-0.2, 0) is 17.4 Å². The van der Waals surface area contributed by atoms with Gasteiger partial charge in [0.25, 0.3) is 0 Å². The van der Waals surface area contributed by atoms with E-state index in [1.165, 1.54) is 25.9 Å². The van der Waals surface area contributed by atoms with Crippen molar-refractivity contribution in [1.29, 1.82) is 0 Å². The maximum absolute atomic E-state index is 12.9. The van der Waals surface area contributed by atoms with E-state index in [4.69, 9.17) is 5.11 Å². The number of hydrogen-bond acceptors (Lipinski definition) is 2. The van der Waals surface area contributed by atoms with E-state index in [1.54, 1.807) is 0 Å². The van der Waals surface area contributed by atoms with Gasteiger partial charge in [0.1, 0.15) is 5.82 Å². The SMILES string of the molecule is C1CCNC1.O=C(O)Cc1ccc(C(F)(F)F)c(F)c1. The number of aliphatic carboxylic acids is 1. The third kappa shape index (κ3) is 5.56. The van der Waals surface area contributed by atoms with Crippen LogP contribution in [0.5, 0.6) is 0 Å². The Kier molecular flexibility index (Phi) is 5.94. The van der Waals surface area contributed by atoms with Gasteiger partial charge in [-0.05, 0) is 43.6 Å². The van der Waals surface area contributed by atoms with E-state index in [-0.39, 0.29) is 5.56 Å². The summed E-state index contributed by atoms with van der Waals surface area (Å²) in [6, 6.07) is 2.06. The normalized spacial score (nSPS) is 14.6. The molecule has 1 aliphatic heterocycles. The number of rotatable bonds is 2. The summed E-state index contributed by atoms with van der Waals surface area (Å²) in [5.74, 6) is -2.68. The van der Waals surface area contributed by atoms with E-state index in [9.17, 15) is 22.4 Å². The summed E-state index contributed by atoms with van der Waals surface area (Å²) in [7, 11) is 0. The Morgan fingerprint density at radius 3 is 2.20 bits per heavy atom. The first-order valence-electron chi connectivity index (χ1n) is 6.09. The molecule has 0 bridgehead atoms. The lowest BCUT2D eigenvalue weighted by molar-refractivity contribution is -0.140. The van der Waals surface area contributed by atoms with Crippen LogP contribution >= 0.6 is 0 Å². The molecule has 2 N–H and O–H groups in total. The number of nitrogens with one attached hydrogen (secondary N) is 1. The van der Waals surface area contributed by atoms with Gasteiger partial charge in [0, 0.05) is 0 Å². The van der Waals surface area contributed by atoms with Crippen molar-refractivity contribution >= 4 is 5.97 Å². The molecule has 1 fully saturated rings. The molecule has 3 nitrogen and oxygen atoms in total. The monoisotopic (exact) mass is 293 g/mol. The van der Waals surface area contributed by atoms with E-state index in [2.05, 4.69) is 5.32 Å². The van der Waals surface area contributed by atoms with Crippen LogP contribution in [0.3, 0.4) is 0 Å². The van der Waals surface area contributed by atoms with Crippen LogP contribution in [0.25, 0.3) is 0 Å². The molecule has 1 aromatic carbocycles. The number of carboxylic acids is 1. The van der Waals surface area contributed by atoms with E-state index in [1.807, 2.05) is 0 Å². The number of halogens is 4. The summed E-state index contributed by atoms with van der Waals surface area (Å²) in [4.78, 5) is 10.2. The summed E-state index contributed by atoms with van der Waals surface area (Å²) >= 11 is 0. The highest BCUT2D eigenvalue weighted by Crippen LogP contribution is 2.31. The molecule has 20 heavy (non-hydrogen) atoms. The first-order chi connectivity index (χ1) is 9.30. The first-order valence-corrected chi connectivity index (χ1v) is 6.09. The molecule has 0 unspecified atom stereocenters. The van der Waals surface area contributed by atoms with Crippen molar-refractivity contribution in [3.8, 4) is 0 Å². The maximum atomic E-state index is 12.9. The van der Waals surface area contributed by atoms with Gasteiger partial charge in [-0.2, -0.15) is 13.2 Å². The second kappa shape index (κ2) is 7.23. The molecule has 1 aliphatic rings. The minimum absolute atomic E-state index is 0.00648. The molecule has 0 saturated carbocycles. The highest BCUT2D eigenvalue weighted by molar-refractivity contribution is 5.70. The number of benzene rings is 1. The summed E-state index contributed by atoms with van der Waals surface area (Å²) in [5, 5.41) is 11.6. The summed E-state index contributed by atoms with van der Waals surface area (Å²) < 4.78 is 49.1. The lowest BCUT2D eigenvalue weighted by atomic mass is 10.1. The molecule has 1 aromatic rings. The fourth-order valence-corrected chi connectivity index (χ4v) is 1.70. The van der Waals surface area contributed by atoms with Gasteiger partial charge in [-0.3, -0.25) is 4.79 Å². The number of hydrogen-bond donors (Lipinski definition) is 2. The van der Waals surface area contributed by atoms with E-state index >= 15 is 0 Å². The van der Waals surface area contributed by atoms with Gasteiger partial charge in [-0.25, -0.2) is 4.39 Å². The first kappa shape index (κ1) is 16.4. The number of carbonyl (C=O) groups is 1. The quantitative estimate of drug-likeness (QED) is 0.824. The zero-order chi connectivity index (χ0) is 15.2. The highest BCUT2D eigenvalue weighted by atomic mass is 19.4. The van der Waals surface area contributed by atoms with Crippen molar-refractivity contribution in [3.63, 3.8) is 0 Å². The van der Waals surface area contributed by atoms with Crippen LogP contribution in [-0.4, -0.2) is 24.2 Å². The number of carboxylic acid groups (broad SMARTS) is 1. The van der Waals surface area contributed by atoms with Crippen LogP contribution in [0.4, 0.5) is 17.6 Å². The molecular formula is C13H15F4NO2. The predicted molar refractivity (Wildman–Crippen MR) is 64.8 cm³/mol. The molecule has 0 aliphatic carbocycles. The predicted octanol–water partition coefficient (Wildman–Crippen LogP) is 2.84. The summed E-state index contributed by atoms with van der Waals surface area (Å²) in [6.45, 7) is 2.50. The van der Waals surface area contributed by atoms with Crippen molar-refractivity contribution in [3.05, 3.63) is 35.1 Å². The Morgan fingerprint density at radius 1 is 1.25 bits per heavy atom. The summed E-state index contributed by atoms with van der Waals surface area (Å²) in [5.41, 5.74) is -1.40. The molecule has 1 saturated heterocycles. The van der Waals surface area contributed by atoms with Crippen molar-refractivity contribution in [2.24, 2.45) is 0 Å². The van der Waals surface area contributed by atoms with Gasteiger partial charge in [0.2, 0.25) is 0 Å². The van der Waals surface area contributed by atoms with Gasteiger partial charge < -0.3 is 10.4 Å². The third-order valence-electron chi connectivity index (χ3n) is 2.65. The van der Waals surface area contributed by atoms with Crippen molar-refractivity contribution in [2.75, 3.05) is 13.1 Å². The second-order valence-electron chi connectivity index (χ2n) is 4.34. The van der Waals surface area contributed by atoms with Gasteiger partial charge in [-0.1, -0.05) is 6.07 Å². The summed E-state index contributed by atoms with van der Waals surface area (Å²) in [6.07, 6.45) is -2.49. The zero-order valence-electron chi connectivity index (χ0n) is 10.6. The molecular weight excluding hydrogens is 278 g/mol. The zero-order valence-corrected chi connectivity index (χ0v) is 10.6. The lowest BCUT2D eigenvalue weighted by Crippen LogP contribution is -2.09. The molecule has 0 amide bonds. The Balaban J connectivity index is 0.000000333. The topological polar surface area (TPSA) is 49.3 Å². The molecule has 0 spiro atoms. The van der Waals surface area contributed by atoms with Crippen LogP contribution in [0, 0.1) is 5.82 Å². The van der Waals surface area contributed by atoms with Crippen molar-refractivity contribution in [1.82, 2.24) is 5.32 Å². The van der Waals surface area contributed by atoms with Gasteiger partial charge in [-0.15, -0.1) is 0 Å². The molecule has 0 atom stereocenters. The largest absolute Gasteiger partial charge is 0.481 e.